The standard InChI is InChI=1S/2CH3.2Al.3BrH/h2*1H3;;;3*1H/p-3. The molecule has 0 aromatic carbocycles. The quantitative estimate of drug-likeness (QED) is 0.389. The van der Waals surface area contributed by atoms with E-state index in [1.165, 1.54) is 0 Å². The summed E-state index contributed by atoms with van der Waals surface area (Å²) in [6, 6.07) is 0. The highest BCUT2D eigenvalue weighted by molar-refractivity contribution is 6.05. The van der Waals surface area contributed by atoms with Crippen LogP contribution in [0.5, 0.6) is 0 Å². The van der Waals surface area contributed by atoms with Crippen LogP contribution in [0.3, 0.4) is 0 Å². The van der Waals surface area contributed by atoms with Gasteiger partial charge in [0.25, 0.3) is 0 Å². The minimum absolute atomic E-state index is 0. The zero-order valence-electron chi connectivity index (χ0n) is 4.29. The molecule has 0 atom stereocenters. The van der Waals surface area contributed by atoms with E-state index < -0.39 is 0 Å². The van der Waals surface area contributed by atoms with E-state index in [2.05, 4.69) is 32.6 Å². The summed E-state index contributed by atoms with van der Waals surface area (Å²) in [6.45, 7) is 0. The summed E-state index contributed by atoms with van der Waals surface area (Å²) in [5, 5.41) is 0. The Morgan fingerprint density at radius 2 is 0.571 bits per heavy atom. The molecule has 0 bridgehead atoms. The van der Waals surface area contributed by atoms with Crippen molar-refractivity contribution in [3.63, 3.8) is 0 Å². The first-order valence-corrected chi connectivity index (χ1v) is 3.46. The van der Waals surface area contributed by atoms with E-state index in [0.717, 1.165) is 0 Å². The molecule has 0 spiro atoms. The van der Waals surface area contributed by atoms with Crippen LogP contribution in [-0.2, 0) is 0 Å². The second kappa shape index (κ2) is 76.3. The number of halogens is 3. The molecule has 0 fully saturated rings. The Morgan fingerprint density at radius 1 is 0.571 bits per heavy atom. The number of hydrogen-bond acceptors (Lipinski definition) is 0. The van der Waals surface area contributed by atoms with Gasteiger partial charge in [-0.25, -0.2) is 0 Å². The Balaban J connectivity index is -0.00000000267. The molecule has 0 aliphatic carbocycles. The third-order valence-electron chi connectivity index (χ3n) is 0. The van der Waals surface area contributed by atoms with Crippen molar-refractivity contribution in [1.82, 2.24) is 0 Å². The average Bonchev–Trinajstić information content (AvgIpc) is 1.50. The maximum Gasteiger partial charge on any atom is 0.112 e. The Labute approximate surface area is 94.0 Å². The Bertz CT molecular complexity index is 10.9. The van der Waals surface area contributed by atoms with Gasteiger partial charge in [-0.2, -0.15) is 0 Å². The molecule has 4 radical (unpaired) electrons. The van der Waals surface area contributed by atoms with Gasteiger partial charge in [0.05, 0.1) is 0 Å². The lowest BCUT2D eigenvalue weighted by molar-refractivity contribution is -0.00100. The van der Waals surface area contributed by atoms with Crippen LogP contribution in [0.1, 0.15) is 0 Å². The SMILES string of the molecule is [Br-].[Br-].[Br-].[CH3][Al].[CH3][Al]. The van der Waals surface area contributed by atoms with E-state index >= 15 is 0 Å². The second-order valence-corrected chi connectivity index (χ2v) is 0. The van der Waals surface area contributed by atoms with Crippen molar-refractivity contribution in [3.8, 4) is 0 Å². The van der Waals surface area contributed by atoms with Crippen LogP contribution < -0.4 is 50.9 Å². The average molecular weight is 324 g/mol. The molecule has 0 aromatic heterocycles. The molecular formula is C2H6Al2Br3-3. The van der Waals surface area contributed by atoms with Crippen molar-refractivity contribution in [2.75, 3.05) is 0 Å². The normalized spacial score (nSPS) is 1.43. The lowest BCUT2D eigenvalue weighted by Gasteiger charge is -1.02. The zero-order valence-corrected chi connectivity index (χ0v) is 11.4. The molecule has 0 heterocycles. The fourth-order valence-corrected chi connectivity index (χ4v) is 0. The monoisotopic (exact) mass is 321 g/mol. The third kappa shape index (κ3) is 57.4. The summed E-state index contributed by atoms with van der Waals surface area (Å²) < 4.78 is 0. The molecule has 0 nitrogen and oxygen atoms in total. The second-order valence-electron chi connectivity index (χ2n) is 0. The first-order valence-electron chi connectivity index (χ1n) is 1.15. The summed E-state index contributed by atoms with van der Waals surface area (Å²) >= 11 is 4.83. The molecule has 0 saturated heterocycles. The van der Waals surface area contributed by atoms with Crippen LogP contribution in [0.15, 0.2) is 0 Å². The molecular weight excluding hydrogens is 318 g/mol. The first-order chi connectivity index (χ1) is 2.00. The molecule has 0 saturated carbocycles. The van der Waals surface area contributed by atoms with Crippen LogP contribution >= 0.6 is 0 Å². The van der Waals surface area contributed by atoms with Gasteiger partial charge in [-0.1, -0.05) is 0 Å². The van der Waals surface area contributed by atoms with Gasteiger partial charge in [-0.3, -0.25) is 0 Å². The zero-order chi connectivity index (χ0) is 4.00. The highest BCUT2D eigenvalue weighted by atomic mass is 79.9. The molecule has 0 N–H and O–H groups in total. The molecule has 0 aliphatic rings. The van der Waals surface area contributed by atoms with Crippen molar-refractivity contribution in [3.05, 3.63) is 0 Å². The Morgan fingerprint density at radius 3 is 0.571 bits per heavy atom. The van der Waals surface area contributed by atoms with Gasteiger partial charge in [0.2, 0.25) is 0 Å². The Hall–Kier alpha value is 2.50. The third-order valence-corrected chi connectivity index (χ3v) is 0. The summed E-state index contributed by atoms with van der Waals surface area (Å²) in [5.74, 6) is 3.83. The maximum absolute atomic E-state index is 2.42. The summed E-state index contributed by atoms with van der Waals surface area (Å²) in [6.07, 6.45) is 0. The Kier molecular flexibility index (Phi) is 369. The van der Waals surface area contributed by atoms with Crippen LogP contribution in [-0.4, -0.2) is 32.6 Å². The molecule has 0 aliphatic heterocycles. The van der Waals surface area contributed by atoms with Gasteiger partial charge in [-0.05, 0) is 0 Å². The highest BCUT2D eigenvalue weighted by Crippen LogP contribution is 0.962. The van der Waals surface area contributed by atoms with Crippen molar-refractivity contribution < 1.29 is 50.9 Å². The maximum atomic E-state index is 2.42. The van der Waals surface area contributed by atoms with E-state index in [4.69, 9.17) is 0 Å². The fourth-order valence-electron chi connectivity index (χ4n) is 0. The first kappa shape index (κ1) is 33.9. The molecule has 7 heavy (non-hydrogen) atoms. The molecule has 5 heteroatoms. The van der Waals surface area contributed by atoms with Crippen molar-refractivity contribution >= 4 is 32.6 Å². The van der Waals surface area contributed by atoms with Gasteiger partial charge >= 0.3 is 0 Å². The van der Waals surface area contributed by atoms with E-state index in [0.29, 0.717) is 0 Å². The van der Waals surface area contributed by atoms with Gasteiger partial charge in [0.15, 0.2) is 0 Å². The molecule has 44 valence electrons. The molecule has 0 amide bonds. The van der Waals surface area contributed by atoms with Crippen LogP contribution in [0, 0.1) is 0 Å². The van der Waals surface area contributed by atoms with Crippen molar-refractivity contribution in [2.24, 2.45) is 0 Å². The topological polar surface area (TPSA) is 0 Å². The van der Waals surface area contributed by atoms with Gasteiger partial charge < -0.3 is 50.9 Å². The molecule has 0 unspecified atom stereocenters. The smallest absolute Gasteiger partial charge is 0.112 e. The van der Waals surface area contributed by atoms with Crippen molar-refractivity contribution in [1.29, 1.82) is 0 Å². The van der Waals surface area contributed by atoms with Gasteiger partial charge in [0, 0.05) is 0 Å². The van der Waals surface area contributed by atoms with E-state index in [-0.39, 0.29) is 50.9 Å². The van der Waals surface area contributed by atoms with E-state index in [9.17, 15) is 0 Å². The summed E-state index contributed by atoms with van der Waals surface area (Å²) in [5.41, 5.74) is 0. The molecule has 0 aromatic rings. The largest absolute Gasteiger partial charge is 1.00 e. The minimum atomic E-state index is 0. The number of hydrogen-bond donors (Lipinski definition) is 0. The van der Waals surface area contributed by atoms with Crippen LogP contribution in [0.2, 0.25) is 11.6 Å². The number of rotatable bonds is 0. The van der Waals surface area contributed by atoms with Gasteiger partial charge in [0.1, 0.15) is 32.6 Å². The van der Waals surface area contributed by atoms with Gasteiger partial charge in [-0.15, -0.1) is 11.6 Å². The van der Waals surface area contributed by atoms with Crippen molar-refractivity contribution in [2.45, 2.75) is 11.6 Å². The lowest BCUT2D eigenvalue weighted by Crippen LogP contribution is -3.00. The summed E-state index contributed by atoms with van der Waals surface area (Å²) in [7, 11) is 0. The molecule has 0 rings (SSSR count). The fraction of sp³-hybridized carbons (Fsp3) is 1.00. The lowest BCUT2D eigenvalue weighted by atomic mass is 11.9. The predicted octanol–water partition coefficient (Wildman–Crippen LogP) is -8.58. The summed E-state index contributed by atoms with van der Waals surface area (Å²) in [4.78, 5) is 0. The minimum Gasteiger partial charge on any atom is -1.00 e. The predicted molar refractivity (Wildman–Crippen MR) is 23.2 cm³/mol. The van der Waals surface area contributed by atoms with Crippen LogP contribution in [0.4, 0.5) is 0 Å². The van der Waals surface area contributed by atoms with Crippen LogP contribution in [0.25, 0.3) is 0 Å². The highest BCUT2D eigenvalue weighted by Gasteiger charge is 1.00. The van der Waals surface area contributed by atoms with E-state index in [1.807, 2.05) is 11.6 Å². The van der Waals surface area contributed by atoms with E-state index in [1.54, 1.807) is 0 Å².